The van der Waals surface area contributed by atoms with Crippen molar-refractivity contribution in [2.75, 3.05) is 14.2 Å². The predicted octanol–water partition coefficient (Wildman–Crippen LogP) is 3.28. The average Bonchev–Trinajstić information content (AvgIpc) is 3.29. The number of amidine groups is 1. The highest BCUT2D eigenvalue weighted by Gasteiger charge is 2.48. The van der Waals surface area contributed by atoms with Crippen molar-refractivity contribution in [3.8, 4) is 0 Å². The minimum atomic E-state index is -0.192. The lowest BCUT2D eigenvalue weighted by molar-refractivity contribution is 0.480. The van der Waals surface area contributed by atoms with Gasteiger partial charge in [-0.1, -0.05) is 27.7 Å². The summed E-state index contributed by atoms with van der Waals surface area (Å²) >= 11 is 4.98. The Balaban J connectivity index is 0.000000297. The van der Waals surface area contributed by atoms with Crippen LogP contribution in [0.15, 0.2) is 39.6 Å². The van der Waals surface area contributed by atoms with Gasteiger partial charge in [-0.25, -0.2) is 10.2 Å². The maximum absolute atomic E-state index is 13.7. The molecule has 0 amide bonds. The number of nitrogens with zero attached hydrogens (tertiary/aromatic N) is 2. The molecule has 3 rings (SSSR count). The molecular formula is C16H24BrF2N5S. The smallest absolute Gasteiger partial charge is 0.154 e. The maximum Gasteiger partial charge on any atom is 0.154 e. The molecule has 1 saturated carbocycles. The summed E-state index contributed by atoms with van der Waals surface area (Å²) in [6.45, 7) is 1.78. The van der Waals surface area contributed by atoms with Crippen molar-refractivity contribution in [1.82, 2.24) is 5.01 Å². The molecule has 140 valence electrons. The summed E-state index contributed by atoms with van der Waals surface area (Å²) < 4.78 is 24.1. The van der Waals surface area contributed by atoms with E-state index in [9.17, 15) is 8.78 Å². The highest BCUT2D eigenvalue weighted by Crippen LogP contribution is 2.54. The minimum absolute atomic E-state index is 0.0938. The van der Waals surface area contributed by atoms with Crippen LogP contribution in [0.4, 0.5) is 8.78 Å². The molecule has 1 aromatic carbocycles. The Morgan fingerprint density at radius 3 is 2.60 bits per heavy atom. The second-order valence-electron chi connectivity index (χ2n) is 5.67. The van der Waals surface area contributed by atoms with Gasteiger partial charge in [0.1, 0.15) is 5.82 Å². The number of benzene rings is 1. The van der Waals surface area contributed by atoms with Crippen LogP contribution in [0.2, 0.25) is 0 Å². The number of fused-ring (bicyclic) bond motifs is 1. The number of hydrogen-bond donors (Lipinski definition) is 3. The van der Waals surface area contributed by atoms with Gasteiger partial charge in [-0.3, -0.25) is 9.38 Å². The number of aliphatic imine (C=N–C) groups is 1. The van der Waals surface area contributed by atoms with Crippen molar-refractivity contribution < 1.29 is 8.78 Å². The van der Waals surface area contributed by atoms with Crippen LogP contribution in [-0.2, 0) is 0 Å². The molecule has 25 heavy (non-hydrogen) atoms. The topological polar surface area (TPSA) is 93.7 Å². The molecule has 6 N–H and O–H groups in total. The number of allylic oxidation sites excluding steroid dienone is 1. The first-order chi connectivity index (χ1) is 11.8. The second-order valence-corrected chi connectivity index (χ2v) is 7.85. The molecule has 1 heterocycles. The Hall–Kier alpha value is -1.32. The fraction of sp³-hybridized carbons (Fsp3) is 0.438. The van der Waals surface area contributed by atoms with Crippen LogP contribution in [0.25, 0.3) is 0 Å². The SMILES string of the molecule is C/C(N)=C/N(C)N.CF.NC1=NC(c2cc(Br)ccc2F)C2CC2S1. The second kappa shape index (κ2) is 9.98. The number of hydrogen-bond acceptors (Lipinski definition) is 6. The number of nitrogens with two attached hydrogens (primary N) is 3. The van der Waals surface area contributed by atoms with E-state index in [1.54, 1.807) is 38.0 Å². The summed E-state index contributed by atoms with van der Waals surface area (Å²) in [5, 5.41) is 2.54. The fourth-order valence-corrected chi connectivity index (χ4v) is 3.94. The summed E-state index contributed by atoms with van der Waals surface area (Å²) in [5.74, 6) is 5.44. The van der Waals surface area contributed by atoms with Crippen LogP contribution in [0.3, 0.4) is 0 Å². The lowest BCUT2D eigenvalue weighted by Crippen LogP contribution is -2.20. The molecule has 1 aromatic rings. The van der Waals surface area contributed by atoms with Crippen molar-refractivity contribution in [3.05, 3.63) is 45.9 Å². The fourth-order valence-electron chi connectivity index (χ4n) is 2.44. The summed E-state index contributed by atoms with van der Waals surface area (Å²) in [7, 11) is 2.22. The summed E-state index contributed by atoms with van der Waals surface area (Å²) in [6, 6.07) is 4.89. The van der Waals surface area contributed by atoms with E-state index in [4.69, 9.17) is 17.3 Å². The molecule has 0 aromatic heterocycles. The van der Waals surface area contributed by atoms with Crippen LogP contribution >= 0.6 is 27.7 Å². The van der Waals surface area contributed by atoms with Crippen LogP contribution in [-0.4, -0.2) is 29.7 Å². The zero-order valence-corrected chi connectivity index (χ0v) is 16.8. The van der Waals surface area contributed by atoms with Gasteiger partial charge >= 0.3 is 0 Å². The molecule has 9 heteroatoms. The van der Waals surface area contributed by atoms with Crippen LogP contribution < -0.4 is 17.3 Å². The molecule has 0 radical (unpaired) electrons. The average molecular weight is 436 g/mol. The Labute approximate surface area is 159 Å². The molecule has 2 aliphatic rings. The summed E-state index contributed by atoms with van der Waals surface area (Å²) in [5.41, 5.74) is 12.3. The van der Waals surface area contributed by atoms with Crippen LogP contribution in [0.1, 0.15) is 24.9 Å². The minimum Gasteiger partial charge on any atom is -0.401 e. The van der Waals surface area contributed by atoms with Gasteiger partial charge in [0.2, 0.25) is 0 Å². The van der Waals surface area contributed by atoms with E-state index in [1.165, 1.54) is 11.1 Å². The van der Waals surface area contributed by atoms with E-state index in [0.717, 1.165) is 10.9 Å². The largest absolute Gasteiger partial charge is 0.401 e. The lowest BCUT2D eigenvalue weighted by Gasteiger charge is -2.18. The highest BCUT2D eigenvalue weighted by atomic mass is 79.9. The predicted molar refractivity (Wildman–Crippen MR) is 105 cm³/mol. The van der Waals surface area contributed by atoms with Gasteiger partial charge in [0.15, 0.2) is 5.17 Å². The molecule has 0 spiro atoms. The highest BCUT2D eigenvalue weighted by molar-refractivity contribution is 9.10. The van der Waals surface area contributed by atoms with Crippen LogP contribution in [0.5, 0.6) is 0 Å². The molecule has 5 nitrogen and oxygen atoms in total. The third-order valence-electron chi connectivity index (χ3n) is 3.41. The van der Waals surface area contributed by atoms with Crippen molar-refractivity contribution in [3.63, 3.8) is 0 Å². The Bertz CT molecular complexity index is 635. The van der Waals surface area contributed by atoms with Gasteiger partial charge in [0, 0.05) is 34.2 Å². The maximum atomic E-state index is 13.7. The van der Waals surface area contributed by atoms with Gasteiger partial charge in [-0.05, 0) is 37.5 Å². The quantitative estimate of drug-likeness (QED) is 0.489. The van der Waals surface area contributed by atoms with Gasteiger partial charge in [-0.2, -0.15) is 0 Å². The molecule has 3 atom stereocenters. The van der Waals surface area contributed by atoms with Crippen molar-refractivity contribution in [2.45, 2.75) is 24.6 Å². The molecule has 1 aliphatic heterocycles. The summed E-state index contributed by atoms with van der Waals surface area (Å²) in [4.78, 5) is 4.37. The molecule has 1 fully saturated rings. The van der Waals surface area contributed by atoms with Gasteiger partial charge < -0.3 is 16.5 Å². The first kappa shape index (κ1) is 21.7. The monoisotopic (exact) mass is 435 g/mol. The van der Waals surface area contributed by atoms with Crippen molar-refractivity contribution in [2.24, 2.45) is 28.2 Å². The van der Waals surface area contributed by atoms with Gasteiger partial charge in [-0.15, -0.1) is 0 Å². The number of thioether (sulfide) groups is 1. The standard InChI is InChI=1S/C11H10BrFN2S.C4H11N3.CH3F/c12-5-1-2-8(13)6(3-5)10-7-4-9(7)16-11(14)15-10;1-4(5)3-7(2)6;1-2/h1-3,7,9-10H,4H2,(H2,14,15);3H,5-6H2,1-2H3;1H3/b;4-3-;. The first-order valence-corrected chi connectivity index (χ1v) is 9.19. The van der Waals surface area contributed by atoms with Gasteiger partial charge in [0.05, 0.1) is 13.2 Å². The van der Waals surface area contributed by atoms with E-state index >= 15 is 0 Å². The zero-order chi connectivity index (χ0) is 19.1. The molecule has 0 bridgehead atoms. The molecular weight excluding hydrogens is 412 g/mol. The molecule has 0 saturated heterocycles. The Morgan fingerprint density at radius 2 is 2.08 bits per heavy atom. The number of halogens is 3. The third-order valence-corrected chi connectivity index (χ3v) is 5.09. The van der Waals surface area contributed by atoms with E-state index in [1.807, 2.05) is 6.07 Å². The summed E-state index contributed by atoms with van der Waals surface area (Å²) in [6.07, 6.45) is 2.73. The Kier molecular flexibility index (Phi) is 8.67. The number of rotatable bonds is 2. The third kappa shape index (κ3) is 6.83. The van der Waals surface area contributed by atoms with Crippen molar-refractivity contribution in [1.29, 1.82) is 0 Å². The lowest BCUT2D eigenvalue weighted by atomic mass is 10.0. The van der Waals surface area contributed by atoms with Crippen LogP contribution in [0, 0.1) is 11.7 Å². The van der Waals surface area contributed by atoms with E-state index in [0.29, 0.717) is 34.8 Å². The number of hydrazine groups is 1. The Morgan fingerprint density at radius 1 is 1.44 bits per heavy atom. The van der Waals surface area contributed by atoms with E-state index < -0.39 is 0 Å². The molecule has 3 unspecified atom stereocenters. The number of alkyl halides is 1. The zero-order valence-electron chi connectivity index (χ0n) is 14.4. The van der Waals surface area contributed by atoms with E-state index in [2.05, 4.69) is 20.9 Å². The van der Waals surface area contributed by atoms with E-state index in [-0.39, 0.29) is 11.9 Å². The molecule has 1 aliphatic carbocycles. The van der Waals surface area contributed by atoms with Crippen molar-refractivity contribution >= 4 is 32.9 Å². The normalized spacial score (nSPS) is 23.9. The first-order valence-electron chi connectivity index (χ1n) is 7.52. The van der Waals surface area contributed by atoms with Gasteiger partial charge in [0.25, 0.3) is 0 Å².